The number of rotatable bonds is 9. The Hall–Kier alpha value is -0.830. The Morgan fingerprint density at radius 2 is 1.95 bits per heavy atom. The molecule has 0 N–H and O–H groups in total. The second kappa shape index (κ2) is 8.46. The average molecular weight is 296 g/mol. The minimum absolute atomic E-state index is 0.0894. The van der Waals surface area contributed by atoms with Crippen molar-refractivity contribution in [3.63, 3.8) is 0 Å². The van der Waals surface area contributed by atoms with E-state index in [1.165, 1.54) is 18.4 Å². The van der Waals surface area contributed by atoms with E-state index in [0.29, 0.717) is 0 Å². The molecule has 1 aromatic carbocycles. The van der Waals surface area contributed by atoms with E-state index in [4.69, 9.17) is 9.47 Å². The number of unbranched alkanes of at least 4 members (excludes halogenated alkanes) is 2. The number of benzene rings is 1. The fourth-order valence-electron chi connectivity index (χ4n) is 2.19. The summed E-state index contributed by atoms with van der Waals surface area (Å²) in [6.07, 6.45) is 6.77. The van der Waals surface area contributed by atoms with Gasteiger partial charge in [-0.05, 0) is 32.1 Å². The highest BCUT2D eigenvalue weighted by Gasteiger charge is 2.27. The van der Waals surface area contributed by atoms with Crippen molar-refractivity contribution in [1.29, 1.82) is 0 Å². The van der Waals surface area contributed by atoms with Crippen LogP contribution in [0.3, 0.4) is 0 Å². The Morgan fingerprint density at radius 1 is 1.20 bits per heavy atom. The van der Waals surface area contributed by atoms with E-state index < -0.39 is 0 Å². The quantitative estimate of drug-likeness (QED) is 0.580. The van der Waals surface area contributed by atoms with Gasteiger partial charge in [-0.3, -0.25) is 0 Å². The fraction of sp³-hybridized carbons (Fsp3) is 0.647. The molecule has 2 nitrogen and oxygen atoms in total. The van der Waals surface area contributed by atoms with Crippen molar-refractivity contribution in [3.8, 4) is 11.5 Å². The normalized spacial score (nSPS) is 13.8. The molecule has 0 aliphatic rings. The molecule has 1 aromatic rings. The van der Waals surface area contributed by atoms with Crippen molar-refractivity contribution in [2.45, 2.75) is 51.2 Å². The molecular weight excluding hydrogens is 268 g/mol. The molecule has 20 heavy (non-hydrogen) atoms. The smallest absolute Gasteiger partial charge is 0.127 e. The highest BCUT2D eigenvalue weighted by atomic mass is 32.2. The highest BCUT2D eigenvalue weighted by Crippen LogP contribution is 2.43. The molecule has 114 valence electrons. The monoisotopic (exact) mass is 296 g/mol. The van der Waals surface area contributed by atoms with Crippen LogP contribution in [0, 0.1) is 0 Å². The summed E-state index contributed by atoms with van der Waals surface area (Å²) in [5, 5.41) is 0. The third kappa shape index (κ3) is 4.34. The second-order valence-corrected chi connectivity index (χ2v) is 6.52. The van der Waals surface area contributed by atoms with Gasteiger partial charge in [-0.25, -0.2) is 0 Å². The Labute approximate surface area is 128 Å². The minimum atomic E-state index is 0.0894. The van der Waals surface area contributed by atoms with Gasteiger partial charge in [-0.1, -0.05) is 32.8 Å². The summed E-state index contributed by atoms with van der Waals surface area (Å²) in [5.74, 6) is 1.83. The van der Waals surface area contributed by atoms with Crippen LogP contribution >= 0.6 is 11.8 Å². The zero-order valence-corrected chi connectivity index (χ0v) is 14.3. The maximum atomic E-state index is 5.80. The van der Waals surface area contributed by atoms with E-state index in [1.807, 2.05) is 17.8 Å². The summed E-state index contributed by atoms with van der Waals surface area (Å²) in [5.41, 5.74) is 1.25. The first kappa shape index (κ1) is 17.2. The summed E-state index contributed by atoms with van der Waals surface area (Å²) in [6, 6.07) is 6.23. The Bertz CT molecular complexity index is 400. The molecule has 0 aliphatic carbocycles. The van der Waals surface area contributed by atoms with Crippen molar-refractivity contribution >= 4 is 11.8 Å². The van der Waals surface area contributed by atoms with E-state index in [2.05, 4.69) is 39.2 Å². The van der Waals surface area contributed by atoms with Crippen molar-refractivity contribution in [2.75, 3.05) is 20.0 Å². The molecule has 0 radical (unpaired) electrons. The standard InChI is InChI=1S/C17H28O2S/c1-6-8-9-12-19-14-10-11-15(16(13-14)18-4)17(3,7-2)20-5/h10-11,13H,6-9,12H2,1-5H3. The van der Waals surface area contributed by atoms with E-state index in [-0.39, 0.29) is 4.75 Å². The van der Waals surface area contributed by atoms with E-state index in [1.54, 1.807) is 7.11 Å². The van der Waals surface area contributed by atoms with Crippen molar-refractivity contribution in [3.05, 3.63) is 23.8 Å². The summed E-state index contributed by atoms with van der Waals surface area (Å²) >= 11 is 1.86. The van der Waals surface area contributed by atoms with Crippen molar-refractivity contribution in [1.82, 2.24) is 0 Å². The van der Waals surface area contributed by atoms with Crippen LogP contribution in [0.1, 0.15) is 52.0 Å². The fourth-order valence-corrected chi connectivity index (χ4v) is 2.86. The van der Waals surface area contributed by atoms with Gasteiger partial charge in [-0.2, -0.15) is 11.8 Å². The Morgan fingerprint density at radius 3 is 2.50 bits per heavy atom. The second-order valence-electron chi connectivity index (χ2n) is 5.21. The summed E-state index contributed by atoms with van der Waals surface area (Å²) in [7, 11) is 1.73. The molecule has 1 unspecified atom stereocenters. The largest absolute Gasteiger partial charge is 0.496 e. The lowest BCUT2D eigenvalue weighted by atomic mass is 9.96. The van der Waals surface area contributed by atoms with Gasteiger partial charge in [-0.15, -0.1) is 0 Å². The number of ether oxygens (including phenoxy) is 2. The molecule has 1 atom stereocenters. The molecule has 1 rings (SSSR count). The molecule has 0 heterocycles. The van der Waals surface area contributed by atoms with Crippen LogP contribution in [-0.4, -0.2) is 20.0 Å². The third-order valence-electron chi connectivity index (χ3n) is 3.88. The lowest BCUT2D eigenvalue weighted by Crippen LogP contribution is -2.16. The molecule has 0 saturated carbocycles. The van der Waals surface area contributed by atoms with Crippen molar-refractivity contribution < 1.29 is 9.47 Å². The molecule has 3 heteroatoms. The summed E-state index contributed by atoms with van der Waals surface area (Å²) < 4.78 is 11.5. The summed E-state index contributed by atoms with van der Waals surface area (Å²) in [4.78, 5) is 0. The molecule has 0 aliphatic heterocycles. The average Bonchev–Trinajstić information content (AvgIpc) is 2.50. The predicted octanol–water partition coefficient (Wildman–Crippen LogP) is 5.25. The number of hydrogen-bond acceptors (Lipinski definition) is 3. The van der Waals surface area contributed by atoms with Gasteiger partial charge in [0.2, 0.25) is 0 Å². The van der Waals surface area contributed by atoms with Crippen LogP contribution in [0.4, 0.5) is 0 Å². The molecule has 0 fully saturated rings. The molecule has 0 amide bonds. The molecular formula is C17H28O2S. The maximum Gasteiger partial charge on any atom is 0.127 e. The zero-order chi connectivity index (χ0) is 15.0. The van der Waals surface area contributed by atoms with Crippen LogP contribution in [-0.2, 0) is 4.75 Å². The van der Waals surface area contributed by atoms with Crippen LogP contribution in [0.15, 0.2) is 18.2 Å². The van der Waals surface area contributed by atoms with Gasteiger partial charge in [0.05, 0.1) is 13.7 Å². The topological polar surface area (TPSA) is 18.5 Å². The SMILES string of the molecule is CCCCCOc1ccc(C(C)(CC)SC)c(OC)c1. The third-order valence-corrected chi connectivity index (χ3v) is 5.29. The minimum Gasteiger partial charge on any atom is -0.496 e. The van der Waals surface area contributed by atoms with E-state index >= 15 is 0 Å². The predicted molar refractivity (Wildman–Crippen MR) is 89.2 cm³/mol. The van der Waals surface area contributed by atoms with Gasteiger partial charge >= 0.3 is 0 Å². The Kier molecular flexibility index (Phi) is 7.28. The van der Waals surface area contributed by atoms with Crippen LogP contribution < -0.4 is 9.47 Å². The maximum absolute atomic E-state index is 5.80. The highest BCUT2D eigenvalue weighted by molar-refractivity contribution is 7.99. The number of hydrogen-bond donors (Lipinski definition) is 0. The van der Waals surface area contributed by atoms with E-state index in [0.717, 1.165) is 30.9 Å². The van der Waals surface area contributed by atoms with Crippen LogP contribution in [0.5, 0.6) is 11.5 Å². The number of methoxy groups -OCH3 is 1. The lowest BCUT2D eigenvalue weighted by molar-refractivity contribution is 0.303. The number of thioether (sulfide) groups is 1. The Balaban J connectivity index is 2.85. The zero-order valence-electron chi connectivity index (χ0n) is 13.5. The van der Waals surface area contributed by atoms with Crippen LogP contribution in [0.25, 0.3) is 0 Å². The molecule has 0 spiro atoms. The van der Waals surface area contributed by atoms with E-state index in [9.17, 15) is 0 Å². The lowest BCUT2D eigenvalue weighted by Gasteiger charge is -2.28. The van der Waals surface area contributed by atoms with Gasteiger partial charge in [0.25, 0.3) is 0 Å². The van der Waals surface area contributed by atoms with Crippen LogP contribution in [0.2, 0.25) is 0 Å². The molecule has 0 aromatic heterocycles. The first-order valence-corrected chi connectivity index (χ1v) is 8.70. The van der Waals surface area contributed by atoms with Crippen molar-refractivity contribution in [2.24, 2.45) is 0 Å². The summed E-state index contributed by atoms with van der Waals surface area (Å²) in [6.45, 7) is 7.46. The first-order valence-electron chi connectivity index (χ1n) is 7.47. The van der Waals surface area contributed by atoms with Gasteiger partial charge < -0.3 is 9.47 Å². The van der Waals surface area contributed by atoms with Gasteiger partial charge in [0.1, 0.15) is 11.5 Å². The molecule has 0 saturated heterocycles. The van der Waals surface area contributed by atoms with Gasteiger partial charge in [0, 0.05) is 16.4 Å². The van der Waals surface area contributed by atoms with Gasteiger partial charge in [0.15, 0.2) is 0 Å². The molecule has 0 bridgehead atoms. The first-order chi connectivity index (χ1) is 9.61.